The summed E-state index contributed by atoms with van der Waals surface area (Å²) >= 11 is 0. The number of likely N-dealkylation sites (N-methyl/N-ethyl adjacent to an activating group) is 1. The van der Waals surface area contributed by atoms with E-state index < -0.39 is 0 Å². The predicted octanol–water partition coefficient (Wildman–Crippen LogP) is 1.27. The average Bonchev–Trinajstić information content (AvgIpc) is 2.46. The van der Waals surface area contributed by atoms with E-state index in [0.717, 1.165) is 17.4 Å². The molecule has 0 aliphatic rings. The second kappa shape index (κ2) is 6.21. The van der Waals surface area contributed by atoms with E-state index in [4.69, 9.17) is 15.7 Å². The Balaban J connectivity index is 2.45. The highest BCUT2D eigenvalue weighted by atomic mass is 16.5. The van der Waals surface area contributed by atoms with E-state index in [1.807, 2.05) is 43.3 Å². The molecule has 0 radical (unpaired) electrons. The largest absolute Gasteiger partial charge is 0.491 e. The Morgan fingerprint density at radius 3 is 2.85 bits per heavy atom. The molecule has 106 valence electrons. The second-order valence-electron chi connectivity index (χ2n) is 4.66. The molecule has 0 bridgehead atoms. The van der Waals surface area contributed by atoms with Crippen LogP contribution in [0.2, 0.25) is 0 Å². The van der Waals surface area contributed by atoms with Crippen LogP contribution < -0.4 is 10.5 Å². The van der Waals surface area contributed by atoms with Crippen LogP contribution in [0.25, 0.3) is 10.9 Å². The van der Waals surface area contributed by atoms with Gasteiger partial charge in [0, 0.05) is 18.1 Å². The summed E-state index contributed by atoms with van der Waals surface area (Å²) in [5.74, 6) is 0.579. The number of pyridine rings is 1. The average molecular weight is 274 g/mol. The molecule has 0 aliphatic carbocycles. The molecule has 0 saturated heterocycles. The Morgan fingerprint density at radius 2 is 2.15 bits per heavy atom. The van der Waals surface area contributed by atoms with Gasteiger partial charge in [-0.15, -0.1) is 0 Å². The molecule has 0 unspecified atom stereocenters. The van der Waals surface area contributed by atoms with Gasteiger partial charge in [-0.05, 0) is 26.2 Å². The number of benzene rings is 1. The molecule has 1 aromatic heterocycles. The van der Waals surface area contributed by atoms with Crippen molar-refractivity contribution in [2.45, 2.75) is 0 Å². The number of fused-ring (bicyclic) bond motifs is 1. The van der Waals surface area contributed by atoms with Gasteiger partial charge in [-0.2, -0.15) is 0 Å². The molecule has 6 nitrogen and oxygen atoms in total. The first-order chi connectivity index (χ1) is 9.63. The molecule has 3 N–H and O–H groups in total. The molecule has 2 rings (SSSR count). The molecule has 0 aliphatic heterocycles. The van der Waals surface area contributed by atoms with Crippen LogP contribution in [0.1, 0.15) is 5.56 Å². The molecule has 6 heteroatoms. The number of ether oxygens (including phenoxy) is 1. The standard InChI is InChI=1S/C14H18N4O2/c1-18(2)7-8-20-13-10-5-3-4-6-12(10)16-9-11(13)14(15)17-19/h3-6,9,19H,7-8H2,1-2H3,(H2,15,17). The maximum Gasteiger partial charge on any atom is 0.175 e. The quantitative estimate of drug-likeness (QED) is 0.371. The first-order valence-corrected chi connectivity index (χ1v) is 6.26. The number of hydrogen-bond donors (Lipinski definition) is 2. The van der Waals surface area contributed by atoms with Crippen LogP contribution in [0.3, 0.4) is 0 Å². The number of para-hydroxylation sites is 1. The fraction of sp³-hybridized carbons (Fsp3) is 0.286. The van der Waals surface area contributed by atoms with E-state index in [1.165, 1.54) is 0 Å². The molecule has 0 atom stereocenters. The molecular formula is C14H18N4O2. The van der Waals surface area contributed by atoms with Crippen molar-refractivity contribution in [1.82, 2.24) is 9.88 Å². The summed E-state index contributed by atoms with van der Waals surface area (Å²) < 4.78 is 5.83. The van der Waals surface area contributed by atoms with Crippen LogP contribution in [-0.2, 0) is 0 Å². The zero-order chi connectivity index (χ0) is 14.5. The third-order valence-electron chi connectivity index (χ3n) is 2.89. The molecule has 2 aromatic rings. The fourth-order valence-electron chi connectivity index (χ4n) is 1.84. The van der Waals surface area contributed by atoms with E-state index >= 15 is 0 Å². The SMILES string of the molecule is CN(C)CCOc1c(/C(N)=N/O)cnc2ccccc12. The lowest BCUT2D eigenvalue weighted by Crippen LogP contribution is -2.21. The zero-order valence-electron chi connectivity index (χ0n) is 11.6. The van der Waals surface area contributed by atoms with Crippen LogP contribution >= 0.6 is 0 Å². The van der Waals surface area contributed by atoms with Crippen molar-refractivity contribution in [2.24, 2.45) is 10.9 Å². The van der Waals surface area contributed by atoms with Crippen molar-refractivity contribution in [3.8, 4) is 5.75 Å². The van der Waals surface area contributed by atoms with Gasteiger partial charge >= 0.3 is 0 Å². The summed E-state index contributed by atoms with van der Waals surface area (Å²) in [6.07, 6.45) is 1.56. The Kier molecular flexibility index (Phi) is 4.37. The molecule has 0 saturated carbocycles. The van der Waals surface area contributed by atoms with Gasteiger partial charge in [-0.25, -0.2) is 0 Å². The minimum Gasteiger partial charge on any atom is -0.491 e. The number of oxime groups is 1. The van der Waals surface area contributed by atoms with Crippen molar-refractivity contribution in [3.05, 3.63) is 36.0 Å². The zero-order valence-corrected chi connectivity index (χ0v) is 11.6. The van der Waals surface area contributed by atoms with Gasteiger partial charge in [-0.1, -0.05) is 17.3 Å². The highest BCUT2D eigenvalue weighted by Crippen LogP contribution is 2.28. The number of rotatable bonds is 5. The fourth-order valence-corrected chi connectivity index (χ4v) is 1.84. The van der Waals surface area contributed by atoms with Crippen molar-refractivity contribution in [1.29, 1.82) is 0 Å². The van der Waals surface area contributed by atoms with Crippen molar-refractivity contribution < 1.29 is 9.94 Å². The van der Waals surface area contributed by atoms with Crippen LogP contribution in [0.5, 0.6) is 5.75 Å². The minimum absolute atomic E-state index is 0.0110. The lowest BCUT2D eigenvalue weighted by molar-refractivity contribution is 0.263. The molecule has 20 heavy (non-hydrogen) atoms. The molecule has 1 heterocycles. The highest BCUT2D eigenvalue weighted by molar-refractivity contribution is 6.04. The number of hydrogen-bond acceptors (Lipinski definition) is 5. The monoisotopic (exact) mass is 274 g/mol. The molecule has 0 spiro atoms. The summed E-state index contributed by atoms with van der Waals surface area (Å²) in [6, 6.07) is 7.60. The summed E-state index contributed by atoms with van der Waals surface area (Å²) in [5, 5.41) is 12.7. The van der Waals surface area contributed by atoms with Crippen molar-refractivity contribution in [3.63, 3.8) is 0 Å². The maximum absolute atomic E-state index is 8.87. The van der Waals surface area contributed by atoms with E-state index in [-0.39, 0.29) is 5.84 Å². The molecular weight excluding hydrogens is 256 g/mol. The third kappa shape index (κ3) is 2.97. The highest BCUT2D eigenvalue weighted by Gasteiger charge is 2.13. The van der Waals surface area contributed by atoms with Gasteiger partial charge in [0.2, 0.25) is 0 Å². The number of amidine groups is 1. The van der Waals surface area contributed by atoms with E-state index in [1.54, 1.807) is 6.20 Å². The normalized spacial score (nSPS) is 12.1. The summed E-state index contributed by atoms with van der Waals surface area (Å²) in [4.78, 5) is 6.31. The van der Waals surface area contributed by atoms with Crippen molar-refractivity contribution in [2.75, 3.05) is 27.2 Å². The lowest BCUT2D eigenvalue weighted by Gasteiger charge is -2.15. The number of aromatic nitrogens is 1. The number of nitrogens with two attached hydrogens (primary N) is 1. The Labute approximate surface area is 117 Å². The predicted molar refractivity (Wildman–Crippen MR) is 78.3 cm³/mol. The summed E-state index contributed by atoms with van der Waals surface area (Å²) in [6.45, 7) is 1.28. The summed E-state index contributed by atoms with van der Waals surface area (Å²) in [5.41, 5.74) is 6.99. The van der Waals surface area contributed by atoms with E-state index in [9.17, 15) is 0 Å². The Morgan fingerprint density at radius 1 is 1.40 bits per heavy atom. The topological polar surface area (TPSA) is 84.0 Å². The molecule has 0 fully saturated rings. The lowest BCUT2D eigenvalue weighted by atomic mass is 10.1. The van der Waals surface area contributed by atoms with Crippen LogP contribution in [0.4, 0.5) is 0 Å². The van der Waals surface area contributed by atoms with Crippen LogP contribution in [0.15, 0.2) is 35.6 Å². The van der Waals surface area contributed by atoms with Crippen molar-refractivity contribution >= 4 is 16.7 Å². The Hall–Kier alpha value is -2.34. The minimum atomic E-state index is -0.0110. The maximum atomic E-state index is 8.87. The smallest absolute Gasteiger partial charge is 0.175 e. The van der Waals surface area contributed by atoms with Gasteiger partial charge in [0.15, 0.2) is 5.84 Å². The first kappa shape index (κ1) is 14.1. The van der Waals surface area contributed by atoms with E-state index in [2.05, 4.69) is 10.1 Å². The molecule has 0 amide bonds. The number of nitrogens with zero attached hydrogens (tertiary/aromatic N) is 3. The van der Waals surface area contributed by atoms with Crippen LogP contribution in [0, 0.1) is 0 Å². The first-order valence-electron chi connectivity index (χ1n) is 6.26. The van der Waals surface area contributed by atoms with Gasteiger partial charge in [0.05, 0.1) is 11.1 Å². The van der Waals surface area contributed by atoms with Gasteiger partial charge in [0.25, 0.3) is 0 Å². The molecule has 1 aromatic carbocycles. The second-order valence-corrected chi connectivity index (χ2v) is 4.66. The van der Waals surface area contributed by atoms with Gasteiger partial charge in [0.1, 0.15) is 12.4 Å². The van der Waals surface area contributed by atoms with Crippen LogP contribution in [-0.4, -0.2) is 48.2 Å². The van der Waals surface area contributed by atoms with Gasteiger partial charge in [-0.3, -0.25) is 4.98 Å². The Bertz CT molecular complexity index is 626. The van der Waals surface area contributed by atoms with E-state index in [0.29, 0.717) is 17.9 Å². The van der Waals surface area contributed by atoms with Gasteiger partial charge < -0.3 is 20.6 Å². The third-order valence-corrected chi connectivity index (χ3v) is 2.89. The summed E-state index contributed by atoms with van der Waals surface area (Å²) in [7, 11) is 3.94.